The van der Waals surface area contributed by atoms with E-state index in [-0.39, 0.29) is 11.9 Å². The molecule has 1 N–H and O–H groups in total. The molecule has 0 amide bonds. The average Bonchev–Trinajstić information content (AvgIpc) is 2.42. The molecule has 2 aromatic rings. The first kappa shape index (κ1) is 13.9. The van der Waals surface area contributed by atoms with E-state index in [1.165, 1.54) is 11.0 Å². The van der Waals surface area contributed by atoms with Crippen LogP contribution in [0.15, 0.2) is 53.4 Å². The van der Waals surface area contributed by atoms with Gasteiger partial charge in [0, 0.05) is 16.6 Å². The Hall–Kier alpha value is -1.48. The van der Waals surface area contributed by atoms with Gasteiger partial charge in [0.1, 0.15) is 5.82 Å². The van der Waals surface area contributed by atoms with Crippen molar-refractivity contribution < 1.29 is 4.39 Å². The second-order valence-electron chi connectivity index (χ2n) is 4.54. The fourth-order valence-corrected chi connectivity index (χ4v) is 2.64. The van der Waals surface area contributed by atoms with Crippen molar-refractivity contribution in [3.05, 3.63) is 59.9 Å². The number of hydrogen-bond donors (Lipinski definition) is 1. The molecule has 2 rings (SSSR count). The summed E-state index contributed by atoms with van der Waals surface area (Å²) in [5.74, 6) is -0.130. The summed E-state index contributed by atoms with van der Waals surface area (Å²) in [4.78, 5) is 1.21. The first-order valence-corrected chi connectivity index (χ1v) is 7.56. The lowest BCUT2D eigenvalue weighted by atomic mass is 10.1. The van der Waals surface area contributed by atoms with Crippen molar-refractivity contribution in [2.24, 2.45) is 0 Å². The van der Waals surface area contributed by atoms with Gasteiger partial charge in [-0.3, -0.25) is 0 Å². The van der Waals surface area contributed by atoms with Crippen LogP contribution in [0, 0.1) is 5.82 Å². The number of benzene rings is 2. The predicted molar refractivity (Wildman–Crippen MR) is 81.4 cm³/mol. The number of nitrogens with one attached hydrogen (secondary N) is 1. The van der Waals surface area contributed by atoms with Gasteiger partial charge in [-0.2, -0.15) is 0 Å². The Labute approximate surface area is 118 Å². The van der Waals surface area contributed by atoms with E-state index < -0.39 is 0 Å². The monoisotopic (exact) mass is 275 g/mol. The molecule has 0 spiro atoms. The SMILES string of the molecule is CSc1ccccc1NC(C)Cc1ccccc1F. The van der Waals surface area contributed by atoms with Crippen molar-refractivity contribution in [3.63, 3.8) is 0 Å². The number of halogens is 1. The van der Waals surface area contributed by atoms with Crippen molar-refractivity contribution >= 4 is 17.4 Å². The summed E-state index contributed by atoms with van der Waals surface area (Å²) in [5.41, 5.74) is 1.86. The third-order valence-electron chi connectivity index (χ3n) is 2.99. The molecule has 0 saturated heterocycles. The second-order valence-corrected chi connectivity index (χ2v) is 5.39. The Bertz CT molecular complexity index is 542. The maximum atomic E-state index is 13.6. The van der Waals surface area contributed by atoms with Crippen LogP contribution in [0.25, 0.3) is 0 Å². The first-order valence-electron chi connectivity index (χ1n) is 6.33. The summed E-state index contributed by atoms with van der Waals surface area (Å²) >= 11 is 1.71. The zero-order valence-electron chi connectivity index (χ0n) is 11.2. The van der Waals surface area contributed by atoms with E-state index in [9.17, 15) is 4.39 Å². The number of rotatable bonds is 5. The highest BCUT2D eigenvalue weighted by molar-refractivity contribution is 7.98. The molecule has 0 heterocycles. The van der Waals surface area contributed by atoms with Gasteiger partial charge in [-0.25, -0.2) is 4.39 Å². The molecule has 0 aromatic heterocycles. The Morgan fingerprint density at radius 2 is 1.79 bits per heavy atom. The molecular weight excluding hydrogens is 257 g/mol. The Kier molecular flexibility index (Phi) is 4.86. The van der Waals surface area contributed by atoms with Crippen LogP contribution in [0.1, 0.15) is 12.5 Å². The standard InChI is InChI=1S/C16H18FNS/c1-12(11-13-7-3-4-8-14(13)17)18-15-9-5-6-10-16(15)19-2/h3-10,12,18H,11H2,1-2H3. The van der Waals surface area contributed by atoms with Crippen LogP contribution < -0.4 is 5.32 Å². The van der Waals surface area contributed by atoms with Gasteiger partial charge < -0.3 is 5.32 Å². The predicted octanol–water partition coefficient (Wildman–Crippen LogP) is 4.59. The Balaban J connectivity index is 2.05. The Morgan fingerprint density at radius 1 is 1.11 bits per heavy atom. The third kappa shape index (κ3) is 3.74. The van der Waals surface area contributed by atoms with E-state index in [1.54, 1.807) is 17.8 Å². The molecule has 19 heavy (non-hydrogen) atoms. The highest BCUT2D eigenvalue weighted by Crippen LogP contribution is 2.25. The van der Waals surface area contributed by atoms with Gasteiger partial charge in [0.2, 0.25) is 0 Å². The first-order chi connectivity index (χ1) is 9.20. The zero-order valence-corrected chi connectivity index (χ0v) is 12.0. The molecule has 1 unspecified atom stereocenters. The topological polar surface area (TPSA) is 12.0 Å². The van der Waals surface area contributed by atoms with Crippen LogP contribution >= 0.6 is 11.8 Å². The van der Waals surface area contributed by atoms with E-state index >= 15 is 0 Å². The molecule has 2 aromatic carbocycles. The average molecular weight is 275 g/mol. The zero-order chi connectivity index (χ0) is 13.7. The highest BCUT2D eigenvalue weighted by Gasteiger charge is 2.09. The molecule has 0 saturated carbocycles. The molecule has 0 aliphatic carbocycles. The summed E-state index contributed by atoms with van der Waals surface area (Å²) in [6, 6.07) is 15.3. The molecule has 0 aliphatic heterocycles. The molecule has 3 heteroatoms. The summed E-state index contributed by atoms with van der Waals surface area (Å²) in [6.45, 7) is 2.07. The van der Waals surface area contributed by atoms with Crippen molar-refractivity contribution in [1.82, 2.24) is 0 Å². The lowest BCUT2D eigenvalue weighted by molar-refractivity contribution is 0.601. The van der Waals surface area contributed by atoms with Crippen molar-refractivity contribution in [2.75, 3.05) is 11.6 Å². The van der Waals surface area contributed by atoms with Crippen LogP contribution in [0.3, 0.4) is 0 Å². The molecule has 100 valence electrons. The molecule has 0 fully saturated rings. The Morgan fingerprint density at radius 3 is 2.53 bits per heavy atom. The smallest absolute Gasteiger partial charge is 0.126 e. The molecule has 0 radical (unpaired) electrons. The van der Waals surface area contributed by atoms with Gasteiger partial charge in [-0.05, 0) is 43.4 Å². The number of thioether (sulfide) groups is 1. The van der Waals surface area contributed by atoms with Gasteiger partial charge in [0.15, 0.2) is 0 Å². The maximum Gasteiger partial charge on any atom is 0.126 e. The summed E-state index contributed by atoms with van der Waals surface area (Å²) < 4.78 is 13.6. The van der Waals surface area contributed by atoms with E-state index in [4.69, 9.17) is 0 Å². The van der Waals surface area contributed by atoms with Crippen LogP contribution in [0.4, 0.5) is 10.1 Å². The van der Waals surface area contributed by atoms with Crippen molar-refractivity contribution in [1.29, 1.82) is 0 Å². The van der Waals surface area contributed by atoms with E-state index in [0.717, 1.165) is 11.3 Å². The van der Waals surface area contributed by atoms with Gasteiger partial charge in [0.25, 0.3) is 0 Å². The van der Waals surface area contributed by atoms with Gasteiger partial charge in [-0.15, -0.1) is 11.8 Å². The fourth-order valence-electron chi connectivity index (χ4n) is 2.07. The maximum absolute atomic E-state index is 13.6. The number of para-hydroxylation sites is 1. The van der Waals surface area contributed by atoms with Gasteiger partial charge in [0.05, 0.1) is 0 Å². The molecule has 0 bridgehead atoms. The normalized spacial score (nSPS) is 12.2. The van der Waals surface area contributed by atoms with Crippen molar-refractivity contribution in [3.8, 4) is 0 Å². The van der Waals surface area contributed by atoms with E-state index in [1.807, 2.05) is 24.3 Å². The third-order valence-corrected chi connectivity index (χ3v) is 3.79. The van der Waals surface area contributed by atoms with Gasteiger partial charge >= 0.3 is 0 Å². The highest BCUT2D eigenvalue weighted by atomic mass is 32.2. The van der Waals surface area contributed by atoms with Gasteiger partial charge in [-0.1, -0.05) is 30.3 Å². The fraction of sp³-hybridized carbons (Fsp3) is 0.250. The van der Waals surface area contributed by atoms with Crippen LogP contribution in [0.5, 0.6) is 0 Å². The lowest BCUT2D eigenvalue weighted by Crippen LogP contribution is -2.19. The summed E-state index contributed by atoms with van der Waals surface area (Å²) in [5, 5.41) is 3.45. The summed E-state index contributed by atoms with van der Waals surface area (Å²) in [6.07, 6.45) is 2.73. The number of hydrogen-bond acceptors (Lipinski definition) is 2. The van der Waals surface area contributed by atoms with E-state index in [0.29, 0.717) is 6.42 Å². The van der Waals surface area contributed by atoms with Crippen LogP contribution in [-0.2, 0) is 6.42 Å². The molecule has 1 atom stereocenters. The minimum Gasteiger partial charge on any atom is -0.381 e. The molecular formula is C16H18FNS. The van der Waals surface area contributed by atoms with E-state index in [2.05, 4.69) is 30.6 Å². The van der Waals surface area contributed by atoms with Crippen molar-refractivity contribution in [2.45, 2.75) is 24.3 Å². The quantitative estimate of drug-likeness (QED) is 0.801. The minimum atomic E-state index is -0.130. The lowest BCUT2D eigenvalue weighted by Gasteiger charge is -2.17. The van der Waals surface area contributed by atoms with Crippen LogP contribution in [0.2, 0.25) is 0 Å². The molecule has 1 nitrogen and oxygen atoms in total. The largest absolute Gasteiger partial charge is 0.381 e. The second kappa shape index (κ2) is 6.62. The molecule has 0 aliphatic rings. The number of anilines is 1. The summed E-state index contributed by atoms with van der Waals surface area (Å²) in [7, 11) is 0. The van der Waals surface area contributed by atoms with Crippen LogP contribution in [-0.4, -0.2) is 12.3 Å². The minimum absolute atomic E-state index is 0.130.